The van der Waals surface area contributed by atoms with Crippen molar-refractivity contribution >= 4 is 32.9 Å². The van der Waals surface area contributed by atoms with Crippen LogP contribution in [0.25, 0.3) is 33.6 Å². The van der Waals surface area contributed by atoms with Gasteiger partial charge in [-0.3, -0.25) is 14.7 Å². The normalized spacial score (nSPS) is 21.7. The molecule has 4 aliphatic rings. The Balaban J connectivity index is 1.10. The van der Waals surface area contributed by atoms with Gasteiger partial charge in [-0.25, -0.2) is 4.72 Å². The Morgan fingerprint density at radius 2 is 1.80 bits per heavy atom. The van der Waals surface area contributed by atoms with Crippen molar-refractivity contribution in [2.75, 3.05) is 34.3 Å². The molecule has 1 saturated heterocycles. The number of piperidine rings is 1. The number of hydrogen-bond donors (Lipinski definition) is 2. The fourth-order valence-corrected chi connectivity index (χ4v) is 10.0. The van der Waals surface area contributed by atoms with Crippen LogP contribution in [0.15, 0.2) is 65.3 Å². The third kappa shape index (κ3) is 5.74. The van der Waals surface area contributed by atoms with E-state index in [1.54, 1.807) is 19.4 Å². The van der Waals surface area contributed by atoms with Gasteiger partial charge < -0.3 is 18.6 Å². The van der Waals surface area contributed by atoms with Gasteiger partial charge in [-0.15, -0.1) is 0 Å². The molecule has 2 unspecified atom stereocenters. The first-order valence-electron chi connectivity index (χ1n) is 19.1. The first kappa shape index (κ1) is 34.9. The lowest BCUT2D eigenvalue weighted by molar-refractivity contribution is -0.138. The number of aromatic amines is 1. The maximum atomic E-state index is 15.0. The summed E-state index contributed by atoms with van der Waals surface area (Å²) in [4.78, 5) is 30.5. The molecule has 2 amide bonds. The average Bonchev–Trinajstić information content (AvgIpc) is 3.53. The zero-order valence-electron chi connectivity index (χ0n) is 30.9. The van der Waals surface area contributed by atoms with Gasteiger partial charge in [0.05, 0.1) is 24.5 Å². The molecular weight excluding hydrogens is 705 g/mol. The van der Waals surface area contributed by atoms with Crippen molar-refractivity contribution in [3.8, 4) is 28.5 Å². The third-order valence-electron chi connectivity index (χ3n) is 12.5. The number of H-pyrrole nitrogens is 1. The van der Waals surface area contributed by atoms with Crippen molar-refractivity contribution in [2.24, 2.45) is 5.41 Å². The molecule has 2 N–H and O–H groups in total. The van der Waals surface area contributed by atoms with E-state index in [9.17, 15) is 18.0 Å². The van der Waals surface area contributed by atoms with E-state index in [1.165, 1.54) is 26.1 Å². The summed E-state index contributed by atoms with van der Waals surface area (Å²) in [7, 11) is 0.456. The van der Waals surface area contributed by atoms with E-state index >= 15 is 0 Å². The highest BCUT2D eigenvalue weighted by Gasteiger charge is 2.64. The van der Waals surface area contributed by atoms with Crippen molar-refractivity contribution in [2.45, 2.75) is 75.7 Å². The van der Waals surface area contributed by atoms with E-state index in [4.69, 9.17) is 9.15 Å². The number of nitrogens with zero attached hydrogens (tertiary/aromatic N) is 4. The van der Waals surface area contributed by atoms with Gasteiger partial charge >= 0.3 is 10.2 Å². The van der Waals surface area contributed by atoms with E-state index < -0.39 is 21.5 Å². The van der Waals surface area contributed by atoms with Crippen LogP contribution < -0.4 is 9.46 Å². The van der Waals surface area contributed by atoms with E-state index in [1.807, 2.05) is 30.3 Å². The maximum absolute atomic E-state index is 15.0. The molecule has 5 aromatic rings. The van der Waals surface area contributed by atoms with Gasteiger partial charge in [0, 0.05) is 73.3 Å². The lowest BCUT2D eigenvalue weighted by Gasteiger charge is -2.34. The molecule has 3 aromatic heterocycles. The van der Waals surface area contributed by atoms with Gasteiger partial charge in [0.2, 0.25) is 5.91 Å². The van der Waals surface area contributed by atoms with Gasteiger partial charge in [0.25, 0.3) is 5.91 Å². The zero-order chi connectivity index (χ0) is 37.4. The fraction of sp³-hybridized carbons (Fsp3) is 0.439. The smallest absolute Gasteiger partial charge is 0.303 e. The monoisotopic (exact) mass is 750 g/mol. The van der Waals surface area contributed by atoms with Gasteiger partial charge in [-0.2, -0.15) is 17.8 Å². The van der Waals surface area contributed by atoms with Gasteiger partial charge in [-0.1, -0.05) is 25.3 Å². The highest BCUT2D eigenvalue weighted by atomic mass is 32.2. The third-order valence-corrected chi connectivity index (χ3v) is 13.9. The van der Waals surface area contributed by atoms with Crippen LogP contribution in [0.5, 0.6) is 5.75 Å². The zero-order valence-corrected chi connectivity index (χ0v) is 31.7. The van der Waals surface area contributed by atoms with Crippen LogP contribution in [-0.4, -0.2) is 78.5 Å². The van der Waals surface area contributed by atoms with E-state index in [2.05, 4.69) is 42.6 Å². The number of rotatable bonds is 8. The molecule has 2 aliphatic heterocycles. The lowest BCUT2D eigenvalue weighted by atomic mass is 9.81. The number of fused-ring (bicyclic) bond motifs is 7. The Morgan fingerprint density at radius 3 is 2.52 bits per heavy atom. The second-order valence-electron chi connectivity index (χ2n) is 15.8. The van der Waals surface area contributed by atoms with Crippen molar-refractivity contribution in [3.63, 3.8) is 0 Å². The summed E-state index contributed by atoms with van der Waals surface area (Å²) >= 11 is 0. The summed E-state index contributed by atoms with van der Waals surface area (Å²) in [5.74, 6) is 1.58. The minimum atomic E-state index is -3.99. The topological polar surface area (TPSA) is 143 Å². The van der Waals surface area contributed by atoms with Gasteiger partial charge in [-0.05, 0) is 97.7 Å². The number of carbonyl (C=O) groups excluding carboxylic acids is 2. The summed E-state index contributed by atoms with van der Waals surface area (Å²) < 4.78 is 42.1. The summed E-state index contributed by atoms with van der Waals surface area (Å²) in [5, 5.41) is 8.75. The molecule has 2 atom stereocenters. The fourth-order valence-electron chi connectivity index (χ4n) is 9.49. The second-order valence-corrected chi connectivity index (χ2v) is 17.6. The second kappa shape index (κ2) is 13.2. The molecule has 12 nitrogen and oxygen atoms in total. The van der Waals surface area contributed by atoms with Gasteiger partial charge in [0.1, 0.15) is 11.4 Å². The molecule has 9 rings (SSSR count). The average molecular weight is 751 g/mol. The first-order chi connectivity index (χ1) is 26.1. The summed E-state index contributed by atoms with van der Waals surface area (Å²) in [6, 6.07) is 17.6. The number of aromatic nitrogens is 3. The van der Waals surface area contributed by atoms with Crippen molar-refractivity contribution in [1.82, 2.24) is 28.7 Å². The number of nitrogens with one attached hydrogen (secondary N) is 2. The molecule has 2 aromatic carbocycles. The van der Waals surface area contributed by atoms with E-state index in [0.717, 1.165) is 99.9 Å². The molecule has 0 bridgehead atoms. The molecule has 0 spiro atoms. The lowest BCUT2D eigenvalue weighted by Crippen LogP contribution is -2.44. The minimum absolute atomic E-state index is 0.0159. The van der Waals surface area contributed by atoms with Crippen molar-refractivity contribution in [1.29, 1.82) is 0 Å². The summed E-state index contributed by atoms with van der Waals surface area (Å²) in [6.45, 7) is 1.77. The first-order valence-corrected chi connectivity index (χ1v) is 20.5. The number of likely N-dealkylation sites (tertiary alicyclic amines) is 1. The molecular formula is C41H46N6O6S. The van der Waals surface area contributed by atoms with Crippen LogP contribution in [-0.2, 0) is 21.5 Å². The Kier molecular flexibility index (Phi) is 8.49. The van der Waals surface area contributed by atoms with Crippen LogP contribution >= 0.6 is 0 Å². The maximum Gasteiger partial charge on any atom is 0.303 e. The summed E-state index contributed by atoms with van der Waals surface area (Å²) in [6.07, 6.45) is 9.68. The number of carbonyl (C=O) groups is 2. The van der Waals surface area contributed by atoms with Crippen LogP contribution in [0.2, 0.25) is 0 Å². The Labute approximate surface area is 315 Å². The molecule has 5 heterocycles. The molecule has 0 radical (unpaired) electrons. The van der Waals surface area contributed by atoms with E-state index in [0.29, 0.717) is 25.6 Å². The highest BCUT2D eigenvalue weighted by Crippen LogP contribution is 2.66. The number of amides is 2. The number of ether oxygens (including phenoxy) is 1. The predicted molar refractivity (Wildman–Crippen MR) is 204 cm³/mol. The van der Waals surface area contributed by atoms with Gasteiger partial charge in [0.15, 0.2) is 5.76 Å². The standard InChI is InChI=1S/C41H46N6O6S/c1-45(2)54(50,51)44-39(48)27-11-13-30-35(20-27)47-24-41(40(49)46-17-15-25(16-18-46)33-22-34(43-42-33)36-10-7-19-53-36)23-32(41)31-21-28(52-3)12-14-29(31)38(47)37(30)26-8-5-4-6-9-26/h7,10-14,19-22,25-26,32H,4-6,8-9,15-18,23-24H2,1-3H3,(H,42,43)(H,44,48). The molecule has 54 heavy (non-hydrogen) atoms. The van der Waals surface area contributed by atoms with Crippen LogP contribution in [0.3, 0.4) is 0 Å². The summed E-state index contributed by atoms with van der Waals surface area (Å²) in [5.41, 5.74) is 6.90. The molecule has 2 aliphatic carbocycles. The number of furan rings is 1. The predicted octanol–water partition coefficient (Wildman–Crippen LogP) is 6.78. The number of benzene rings is 2. The Bertz CT molecular complexity index is 2370. The van der Waals surface area contributed by atoms with Crippen LogP contribution in [0, 0.1) is 5.41 Å². The number of hydrogen-bond acceptors (Lipinski definition) is 7. The molecule has 2 saturated carbocycles. The number of methoxy groups -OCH3 is 1. The molecule has 13 heteroatoms. The van der Waals surface area contributed by atoms with Crippen LogP contribution in [0.4, 0.5) is 0 Å². The highest BCUT2D eigenvalue weighted by molar-refractivity contribution is 7.87. The quantitative estimate of drug-likeness (QED) is 0.178. The Morgan fingerprint density at radius 1 is 1.00 bits per heavy atom. The van der Waals surface area contributed by atoms with Crippen LogP contribution in [0.1, 0.15) is 96.3 Å². The molecule has 3 fully saturated rings. The minimum Gasteiger partial charge on any atom is -0.497 e. The SMILES string of the molecule is COc1ccc2c(c1)C1CC1(C(=O)N1CCC(c3cc(-c4ccco4)n[nH]3)CC1)Cn1c-2c(C2CCCCC2)c2ccc(C(=O)NS(=O)(=O)N(C)C)cc21. The Hall–Kier alpha value is -4.88. The van der Waals surface area contributed by atoms with Crippen molar-refractivity contribution < 1.29 is 27.2 Å². The van der Waals surface area contributed by atoms with E-state index in [-0.39, 0.29) is 23.3 Å². The molecule has 282 valence electrons. The largest absolute Gasteiger partial charge is 0.497 e. The van der Waals surface area contributed by atoms with Crippen molar-refractivity contribution in [3.05, 3.63) is 83.2 Å².